The van der Waals surface area contributed by atoms with E-state index in [1.807, 2.05) is 0 Å². The standard InChI is InChI=1S/C8H12O3/c1-11-8(10)6-4-2-3-5-7-9/h9H,2-3,5,7H2,1H3. The van der Waals surface area contributed by atoms with Crippen molar-refractivity contribution in [2.24, 2.45) is 0 Å². The number of rotatable bonds is 3. The van der Waals surface area contributed by atoms with Gasteiger partial charge in [0.05, 0.1) is 7.11 Å². The molecule has 0 bridgehead atoms. The molecule has 0 saturated carbocycles. The molecular weight excluding hydrogens is 144 g/mol. The molecule has 0 aromatic rings. The number of carbonyl (C=O) groups is 1. The highest BCUT2D eigenvalue weighted by molar-refractivity contribution is 5.88. The number of aliphatic hydroxyl groups excluding tert-OH is 1. The Kier molecular flexibility index (Phi) is 6.45. The second-order valence-corrected chi connectivity index (χ2v) is 1.97. The molecule has 0 aromatic carbocycles. The van der Waals surface area contributed by atoms with E-state index in [0.29, 0.717) is 6.42 Å². The lowest BCUT2D eigenvalue weighted by atomic mass is 10.2. The van der Waals surface area contributed by atoms with E-state index in [9.17, 15) is 4.79 Å². The minimum atomic E-state index is -0.506. The van der Waals surface area contributed by atoms with Gasteiger partial charge in [-0.3, -0.25) is 0 Å². The van der Waals surface area contributed by atoms with E-state index in [4.69, 9.17) is 5.11 Å². The van der Waals surface area contributed by atoms with Gasteiger partial charge in [-0.15, -0.1) is 0 Å². The summed E-state index contributed by atoms with van der Waals surface area (Å²) >= 11 is 0. The summed E-state index contributed by atoms with van der Waals surface area (Å²) in [5.74, 6) is 4.43. The minimum Gasteiger partial charge on any atom is -0.459 e. The predicted molar refractivity (Wildman–Crippen MR) is 40.7 cm³/mol. The normalized spacial score (nSPS) is 8.18. The first-order valence-corrected chi connectivity index (χ1v) is 3.49. The number of ether oxygens (including phenoxy) is 1. The van der Waals surface area contributed by atoms with Crippen LogP contribution in [0.1, 0.15) is 19.3 Å². The highest BCUT2D eigenvalue weighted by Crippen LogP contribution is 1.90. The van der Waals surface area contributed by atoms with Crippen molar-refractivity contribution in [1.82, 2.24) is 0 Å². The fourth-order valence-corrected chi connectivity index (χ4v) is 0.511. The molecule has 0 aliphatic rings. The van der Waals surface area contributed by atoms with Crippen molar-refractivity contribution >= 4 is 5.97 Å². The zero-order valence-corrected chi connectivity index (χ0v) is 6.59. The number of hydrogen-bond donors (Lipinski definition) is 1. The van der Waals surface area contributed by atoms with Crippen LogP contribution in [0.3, 0.4) is 0 Å². The molecule has 0 unspecified atom stereocenters. The van der Waals surface area contributed by atoms with Crippen LogP contribution in [0.15, 0.2) is 0 Å². The van der Waals surface area contributed by atoms with Crippen LogP contribution in [-0.2, 0) is 9.53 Å². The zero-order valence-electron chi connectivity index (χ0n) is 6.59. The van der Waals surface area contributed by atoms with Gasteiger partial charge >= 0.3 is 5.97 Å². The Hall–Kier alpha value is -1.01. The zero-order chi connectivity index (χ0) is 8.53. The third-order valence-corrected chi connectivity index (χ3v) is 1.09. The second-order valence-electron chi connectivity index (χ2n) is 1.97. The molecule has 0 atom stereocenters. The number of methoxy groups -OCH3 is 1. The van der Waals surface area contributed by atoms with Crippen molar-refractivity contribution in [3.05, 3.63) is 0 Å². The Bertz CT molecular complexity index is 164. The fraction of sp³-hybridized carbons (Fsp3) is 0.625. The van der Waals surface area contributed by atoms with E-state index in [1.54, 1.807) is 0 Å². The summed E-state index contributed by atoms with van der Waals surface area (Å²) in [7, 11) is 1.30. The molecule has 0 saturated heterocycles. The molecule has 0 rings (SSSR count). The molecule has 11 heavy (non-hydrogen) atoms. The summed E-state index contributed by atoms with van der Waals surface area (Å²) in [4.78, 5) is 10.4. The molecular formula is C8H12O3. The van der Waals surface area contributed by atoms with Crippen molar-refractivity contribution in [3.63, 3.8) is 0 Å². The van der Waals surface area contributed by atoms with Crippen LogP contribution in [0, 0.1) is 11.8 Å². The van der Waals surface area contributed by atoms with Crippen molar-refractivity contribution in [3.8, 4) is 11.8 Å². The molecule has 1 N–H and O–H groups in total. The van der Waals surface area contributed by atoms with Crippen LogP contribution >= 0.6 is 0 Å². The molecule has 0 aliphatic carbocycles. The van der Waals surface area contributed by atoms with Crippen LogP contribution < -0.4 is 0 Å². The summed E-state index contributed by atoms with van der Waals surface area (Å²) in [5, 5.41) is 8.38. The van der Waals surface area contributed by atoms with Gasteiger partial charge in [0.1, 0.15) is 0 Å². The van der Waals surface area contributed by atoms with Gasteiger partial charge < -0.3 is 9.84 Å². The maximum absolute atomic E-state index is 10.4. The molecule has 0 aromatic heterocycles. The van der Waals surface area contributed by atoms with E-state index >= 15 is 0 Å². The molecule has 0 radical (unpaired) electrons. The quantitative estimate of drug-likeness (QED) is 0.277. The Labute approximate surface area is 66.4 Å². The summed E-state index contributed by atoms with van der Waals surface area (Å²) in [5.41, 5.74) is 0. The van der Waals surface area contributed by atoms with Crippen molar-refractivity contribution < 1.29 is 14.6 Å². The second kappa shape index (κ2) is 7.10. The van der Waals surface area contributed by atoms with Crippen molar-refractivity contribution in [2.45, 2.75) is 19.3 Å². The van der Waals surface area contributed by atoms with E-state index < -0.39 is 5.97 Å². The SMILES string of the molecule is COC(=O)C#CCCCCO. The summed E-state index contributed by atoms with van der Waals surface area (Å²) in [6.45, 7) is 0.180. The number of hydrogen-bond acceptors (Lipinski definition) is 3. The van der Waals surface area contributed by atoms with Gasteiger partial charge in [0, 0.05) is 18.9 Å². The molecule has 0 spiro atoms. The van der Waals surface area contributed by atoms with Gasteiger partial charge in [0.25, 0.3) is 0 Å². The molecule has 62 valence electrons. The minimum absolute atomic E-state index is 0.180. The fourth-order valence-electron chi connectivity index (χ4n) is 0.511. The van der Waals surface area contributed by atoms with Gasteiger partial charge in [0.15, 0.2) is 0 Å². The Morgan fingerprint density at radius 3 is 2.82 bits per heavy atom. The number of aliphatic hydroxyl groups is 1. The highest BCUT2D eigenvalue weighted by atomic mass is 16.5. The van der Waals surface area contributed by atoms with Gasteiger partial charge in [-0.05, 0) is 12.8 Å². The number of carbonyl (C=O) groups excluding carboxylic acids is 1. The molecule has 3 heteroatoms. The molecule has 3 nitrogen and oxygen atoms in total. The van der Waals surface area contributed by atoms with Crippen LogP contribution in [0.4, 0.5) is 0 Å². The first-order valence-electron chi connectivity index (χ1n) is 3.49. The van der Waals surface area contributed by atoms with E-state index in [2.05, 4.69) is 16.6 Å². The van der Waals surface area contributed by atoms with Crippen molar-refractivity contribution in [1.29, 1.82) is 0 Å². The highest BCUT2D eigenvalue weighted by Gasteiger charge is 1.87. The van der Waals surface area contributed by atoms with Gasteiger partial charge in [-0.25, -0.2) is 4.79 Å². The predicted octanol–water partition coefficient (Wildman–Crippen LogP) is 0.325. The Morgan fingerprint density at radius 1 is 1.55 bits per heavy atom. The van der Waals surface area contributed by atoms with Crippen LogP contribution in [0.5, 0.6) is 0 Å². The van der Waals surface area contributed by atoms with Crippen LogP contribution in [-0.4, -0.2) is 24.8 Å². The monoisotopic (exact) mass is 156 g/mol. The number of esters is 1. The van der Waals surface area contributed by atoms with Crippen LogP contribution in [0.2, 0.25) is 0 Å². The lowest BCUT2D eigenvalue weighted by Gasteiger charge is -1.88. The average Bonchev–Trinajstić information content (AvgIpc) is 2.04. The molecule has 0 heterocycles. The van der Waals surface area contributed by atoms with Gasteiger partial charge in [-0.1, -0.05) is 5.92 Å². The van der Waals surface area contributed by atoms with E-state index in [1.165, 1.54) is 7.11 Å². The largest absolute Gasteiger partial charge is 0.459 e. The maximum atomic E-state index is 10.4. The maximum Gasteiger partial charge on any atom is 0.384 e. The lowest BCUT2D eigenvalue weighted by molar-refractivity contribution is -0.133. The van der Waals surface area contributed by atoms with Gasteiger partial charge in [-0.2, -0.15) is 0 Å². The lowest BCUT2D eigenvalue weighted by Crippen LogP contribution is -1.94. The van der Waals surface area contributed by atoms with E-state index in [0.717, 1.165) is 12.8 Å². The molecule has 0 amide bonds. The Balaban J connectivity index is 3.32. The molecule has 0 aliphatic heterocycles. The third kappa shape index (κ3) is 6.88. The third-order valence-electron chi connectivity index (χ3n) is 1.09. The smallest absolute Gasteiger partial charge is 0.384 e. The first kappa shape index (κ1) is 9.99. The molecule has 0 fully saturated rings. The van der Waals surface area contributed by atoms with Crippen molar-refractivity contribution in [2.75, 3.05) is 13.7 Å². The van der Waals surface area contributed by atoms with Gasteiger partial charge in [0.2, 0.25) is 0 Å². The number of unbranched alkanes of at least 4 members (excludes halogenated alkanes) is 2. The topological polar surface area (TPSA) is 46.5 Å². The first-order chi connectivity index (χ1) is 5.31. The summed E-state index contributed by atoms with van der Waals surface area (Å²) in [6.07, 6.45) is 2.19. The summed E-state index contributed by atoms with van der Waals surface area (Å²) < 4.78 is 4.29. The van der Waals surface area contributed by atoms with Crippen LogP contribution in [0.25, 0.3) is 0 Å². The summed E-state index contributed by atoms with van der Waals surface area (Å²) in [6, 6.07) is 0. The average molecular weight is 156 g/mol. The van der Waals surface area contributed by atoms with E-state index in [-0.39, 0.29) is 6.61 Å². The Morgan fingerprint density at radius 2 is 2.27 bits per heavy atom.